The minimum atomic E-state index is 0.0909. The van der Waals surface area contributed by atoms with Crippen molar-refractivity contribution < 1.29 is 9.57 Å². The number of hydrogen-bond donors (Lipinski definition) is 1. The highest BCUT2D eigenvalue weighted by atomic mass is 16.9. The van der Waals surface area contributed by atoms with E-state index in [0.717, 1.165) is 12.8 Å². The van der Waals surface area contributed by atoms with Crippen molar-refractivity contribution in [2.45, 2.75) is 26.7 Å². The average Bonchev–Trinajstić information content (AvgIpc) is 2.33. The summed E-state index contributed by atoms with van der Waals surface area (Å²) in [7, 11) is 1.27. The van der Waals surface area contributed by atoms with Crippen molar-refractivity contribution in [3.63, 3.8) is 0 Å². The maximum absolute atomic E-state index is 11.2. The van der Waals surface area contributed by atoms with Gasteiger partial charge in [-0.05, 0) is 24.8 Å². The first-order chi connectivity index (χ1) is 8.54. The average molecular weight is 254 g/mol. The SMILES string of the molecule is CON([O-])c1ccc(OCCCC(C)C)nc1N. The fourth-order valence-electron chi connectivity index (χ4n) is 1.45. The minimum absolute atomic E-state index is 0.0909. The van der Waals surface area contributed by atoms with Crippen molar-refractivity contribution >= 4 is 11.5 Å². The van der Waals surface area contributed by atoms with Crippen LogP contribution in [0.15, 0.2) is 12.1 Å². The molecule has 2 N–H and O–H groups in total. The molecule has 0 amide bonds. The number of nitrogen functional groups attached to an aromatic ring is 1. The molecule has 0 aliphatic carbocycles. The Bertz CT molecular complexity index is 372. The van der Waals surface area contributed by atoms with E-state index in [1.165, 1.54) is 13.2 Å². The molecule has 0 radical (unpaired) electrons. The summed E-state index contributed by atoms with van der Waals surface area (Å²) in [6, 6.07) is 3.13. The van der Waals surface area contributed by atoms with Gasteiger partial charge in [0.05, 0.1) is 19.4 Å². The Hall–Kier alpha value is -1.53. The zero-order valence-corrected chi connectivity index (χ0v) is 11.0. The summed E-state index contributed by atoms with van der Waals surface area (Å²) in [5.74, 6) is 1.17. The Labute approximate surface area is 107 Å². The lowest BCUT2D eigenvalue weighted by molar-refractivity contribution is 0.198. The fourth-order valence-corrected chi connectivity index (χ4v) is 1.45. The van der Waals surface area contributed by atoms with Gasteiger partial charge >= 0.3 is 0 Å². The van der Waals surface area contributed by atoms with E-state index < -0.39 is 0 Å². The standard InChI is InChI=1S/C12H20N3O3/c1-9(2)5-4-8-18-11-7-6-10(12(13)14-11)15(16)17-3/h6-7,9H,4-5,8H2,1-3H3,(H2,13,14)/q-1. The Morgan fingerprint density at radius 2 is 2.17 bits per heavy atom. The summed E-state index contributed by atoms with van der Waals surface area (Å²) in [5.41, 5.74) is 5.81. The molecule has 0 saturated heterocycles. The highest BCUT2D eigenvalue weighted by molar-refractivity contribution is 5.63. The van der Waals surface area contributed by atoms with Gasteiger partial charge in [0.1, 0.15) is 0 Å². The van der Waals surface area contributed by atoms with Gasteiger partial charge in [0, 0.05) is 6.07 Å². The minimum Gasteiger partial charge on any atom is -0.733 e. The second kappa shape index (κ2) is 7.03. The number of nitrogens with two attached hydrogens (primary N) is 1. The van der Waals surface area contributed by atoms with Crippen molar-refractivity contribution in [3.8, 4) is 5.88 Å². The number of rotatable bonds is 7. The zero-order chi connectivity index (χ0) is 13.5. The molecule has 18 heavy (non-hydrogen) atoms. The van der Waals surface area contributed by atoms with Gasteiger partial charge in [-0.2, -0.15) is 4.98 Å². The van der Waals surface area contributed by atoms with Crippen LogP contribution in [0.3, 0.4) is 0 Å². The molecule has 0 fully saturated rings. The second-order valence-corrected chi connectivity index (χ2v) is 4.38. The van der Waals surface area contributed by atoms with E-state index >= 15 is 0 Å². The van der Waals surface area contributed by atoms with Crippen LogP contribution in [0.5, 0.6) is 5.88 Å². The van der Waals surface area contributed by atoms with Crippen LogP contribution in [0.25, 0.3) is 0 Å². The number of aromatic nitrogens is 1. The van der Waals surface area contributed by atoms with Crippen molar-refractivity contribution in [2.24, 2.45) is 5.92 Å². The van der Waals surface area contributed by atoms with Gasteiger partial charge in [0.2, 0.25) is 5.88 Å². The Kier molecular flexibility index (Phi) is 5.67. The van der Waals surface area contributed by atoms with E-state index in [0.29, 0.717) is 23.6 Å². The third kappa shape index (κ3) is 4.38. The second-order valence-electron chi connectivity index (χ2n) is 4.38. The Morgan fingerprint density at radius 3 is 2.72 bits per heavy atom. The predicted molar refractivity (Wildman–Crippen MR) is 71.1 cm³/mol. The van der Waals surface area contributed by atoms with Crippen LogP contribution in [0.2, 0.25) is 0 Å². The molecule has 0 unspecified atom stereocenters. The molecule has 6 nitrogen and oxygen atoms in total. The van der Waals surface area contributed by atoms with Gasteiger partial charge < -0.3 is 20.9 Å². The summed E-state index contributed by atoms with van der Waals surface area (Å²) < 4.78 is 5.45. The fraction of sp³-hybridized carbons (Fsp3) is 0.583. The molecule has 1 rings (SSSR count). The van der Waals surface area contributed by atoms with Crippen LogP contribution in [0.1, 0.15) is 26.7 Å². The molecule has 0 aliphatic heterocycles. The smallest absolute Gasteiger partial charge is 0.215 e. The molecule has 6 heteroatoms. The summed E-state index contributed by atoms with van der Waals surface area (Å²) in [6.45, 7) is 4.92. The largest absolute Gasteiger partial charge is 0.733 e. The molecule has 1 heterocycles. The normalized spacial score (nSPS) is 10.7. The van der Waals surface area contributed by atoms with Gasteiger partial charge in [-0.15, -0.1) is 0 Å². The van der Waals surface area contributed by atoms with Crippen LogP contribution in [-0.4, -0.2) is 18.7 Å². The first kappa shape index (κ1) is 14.5. The quantitative estimate of drug-likeness (QED) is 0.594. The summed E-state index contributed by atoms with van der Waals surface area (Å²) in [5, 5.41) is 11.5. The highest BCUT2D eigenvalue weighted by Gasteiger charge is 2.05. The lowest BCUT2D eigenvalue weighted by atomic mass is 10.1. The lowest BCUT2D eigenvalue weighted by Gasteiger charge is -2.27. The predicted octanol–water partition coefficient (Wildman–Crippen LogP) is 2.34. The molecule has 0 spiro atoms. The van der Waals surface area contributed by atoms with Gasteiger partial charge in [-0.25, -0.2) is 0 Å². The van der Waals surface area contributed by atoms with Crippen LogP contribution < -0.4 is 15.7 Å². The molecule has 1 aromatic rings. The molecule has 0 aromatic carbocycles. The maximum Gasteiger partial charge on any atom is 0.215 e. The zero-order valence-electron chi connectivity index (χ0n) is 11.0. The van der Waals surface area contributed by atoms with Crippen molar-refractivity contribution in [1.29, 1.82) is 0 Å². The van der Waals surface area contributed by atoms with Crippen LogP contribution in [0, 0.1) is 11.1 Å². The highest BCUT2D eigenvalue weighted by Crippen LogP contribution is 2.23. The topological polar surface area (TPSA) is 83.7 Å². The number of ether oxygens (including phenoxy) is 1. The summed E-state index contributed by atoms with van der Waals surface area (Å²) in [6.07, 6.45) is 2.07. The van der Waals surface area contributed by atoms with Crippen molar-refractivity contribution in [2.75, 3.05) is 24.7 Å². The van der Waals surface area contributed by atoms with Gasteiger partial charge in [-0.1, -0.05) is 13.8 Å². The van der Waals surface area contributed by atoms with Crippen LogP contribution in [0.4, 0.5) is 11.5 Å². The molecule has 1 aromatic heterocycles. The monoisotopic (exact) mass is 254 g/mol. The van der Waals surface area contributed by atoms with E-state index in [9.17, 15) is 5.21 Å². The third-order valence-corrected chi connectivity index (χ3v) is 2.42. The van der Waals surface area contributed by atoms with Crippen molar-refractivity contribution in [1.82, 2.24) is 4.98 Å². The molecule has 102 valence electrons. The number of pyridine rings is 1. The van der Waals surface area contributed by atoms with Crippen molar-refractivity contribution in [3.05, 3.63) is 17.3 Å². The Balaban J connectivity index is 2.51. The molecule has 0 atom stereocenters. The first-order valence-corrected chi connectivity index (χ1v) is 5.95. The number of anilines is 2. The lowest BCUT2D eigenvalue weighted by Crippen LogP contribution is -2.15. The first-order valence-electron chi connectivity index (χ1n) is 5.95. The molecular formula is C12H20N3O3-. The van der Waals surface area contributed by atoms with Crippen LogP contribution in [-0.2, 0) is 4.84 Å². The van der Waals surface area contributed by atoms with Crippen LogP contribution >= 0.6 is 0 Å². The van der Waals surface area contributed by atoms with E-state index in [1.54, 1.807) is 6.07 Å². The van der Waals surface area contributed by atoms with Gasteiger partial charge in [0.25, 0.3) is 0 Å². The molecule has 0 aliphatic rings. The molecule has 0 saturated carbocycles. The molecular weight excluding hydrogens is 234 g/mol. The van der Waals surface area contributed by atoms with Gasteiger partial charge in [-0.3, -0.25) is 4.84 Å². The van der Waals surface area contributed by atoms with E-state index in [2.05, 4.69) is 23.7 Å². The maximum atomic E-state index is 11.2. The number of nitrogens with zero attached hydrogens (tertiary/aromatic N) is 2. The Morgan fingerprint density at radius 1 is 1.44 bits per heavy atom. The van der Waals surface area contributed by atoms with Gasteiger partial charge in [0.15, 0.2) is 5.82 Å². The molecule has 0 bridgehead atoms. The number of hydrogen-bond acceptors (Lipinski definition) is 6. The summed E-state index contributed by atoms with van der Waals surface area (Å²) in [4.78, 5) is 8.49. The summed E-state index contributed by atoms with van der Waals surface area (Å²) >= 11 is 0. The third-order valence-electron chi connectivity index (χ3n) is 2.42. The van der Waals surface area contributed by atoms with E-state index in [4.69, 9.17) is 10.5 Å². The van der Waals surface area contributed by atoms with E-state index in [-0.39, 0.29) is 11.5 Å². The van der Waals surface area contributed by atoms with E-state index in [1.807, 2.05) is 0 Å².